The summed E-state index contributed by atoms with van der Waals surface area (Å²) in [5.41, 5.74) is 0.789. The van der Waals surface area contributed by atoms with Crippen molar-refractivity contribution in [2.24, 2.45) is 4.99 Å². The number of carbonyl (C=O) groups is 1. The first-order valence-electron chi connectivity index (χ1n) is 7.49. The van der Waals surface area contributed by atoms with Gasteiger partial charge in [-0.1, -0.05) is 18.2 Å². The third-order valence-corrected chi connectivity index (χ3v) is 3.90. The molecule has 0 amide bonds. The van der Waals surface area contributed by atoms with E-state index in [1.165, 1.54) is 14.2 Å². The Morgan fingerprint density at radius 1 is 1.12 bits per heavy atom. The number of para-hydroxylation sites is 1. The van der Waals surface area contributed by atoms with Crippen LogP contribution in [0.15, 0.2) is 58.3 Å². The number of aromatic nitrogens is 1. The Kier molecular flexibility index (Phi) is 4.35. The highest BCUT2D eigenvalue weighted by molar-refractivity contribution is 5.99. The minimum Gasteiger partial charge on any atom is -0.497 e. The molecule has 0 saturated heterocycles. The SMILES string of the molecule is C=Nc1c(C(=O)OC)n(-c2ccccc2)c2cc(OC)ccc2c1=O. The zero-order valence-corrected chi connectivity index (χ0v) is 13.9. The summed E-state index contributed by atoms with van der Waals surface area (Å²) >= 11 is 0. The van der Waals surface area contributed by atoms with Gasteiger partial charge in [-0.05, 0) is 31.0 Å². The summed E-state index contributed by atoms with van der Waals surface area (Å²) in [5, 5.41) is 0.403. The molecule has 0 aliphatic carbocycles. The number of pyridine rings is 1. The zero-order chi connectivity index (χ0) is 18.0. The minimum absolute atomic E-state index is 0.0226. The quantitative estimate of drug-likeness (QED) is 0.542. The van der Waals surface area contributed by atoms with Crippen molar-refractivity contribution in [3.05, 3.63) is 64.4 Å². The Balaban J connectivity index is 2.58. The van der Waals surface area contributed by atoms with Gasteiger partial charge in [-0.25, -0.2) is 4.79 Å². The average molecular weight is 336 g/mol. The molecule has 0 radical (unpaired) electrons. The number of aliphatic imine (C=N–C) groups is 1. The summed E-state index contributed by atoms with van der Waals surface area (Å²) in [4.78, 5) is 29.0. The maximum absolute atomic E-state index is 12.8. The van der Waals surface area contributed by atoms with Crippen LogP contribution >= 0.6 is 0 Å². The van der Waals surface area contributed by atoms with E-state index >= 15 is 0 Å². The molecule has 0 fully saturated rings. The highest BCUT2D eigenvalue weighted by Crippen LogP contribution is 2.28. The van der Waals surface area contributed by atoms with Gasteiger partial charge in [-0.3, -0.25) is 9.79 Å². The average Bonchev–Trinajstić information content (AvgIpc) is 2.67. The standard InChI is InChI=1S/C19H16N2O4/c1-20-16-17(19(23)25-3)21(12-7-5-4-6-8-12)15-11-13(24-2)9-10-14(15)18(16)22/h4-11H,1H2,2-3H3. The van der Waals surface area contributed by atoms with Crippen molar-refractivity contribution in [3.63, 3.8) is 0 Å². The number of nitrogens with zero attached hydrogens (tertiary/aromatic N) is 2. The molecule has 0 bridgehead atoms. The van der Waals surface area contributed by atoms with E-state index in [0.717, 1.165) is 0 Å². The fourth-order valence-electron chi connectivity index (χ4n) is 2.75. The summed E-state index contributed by atoms with van der Waals surface area (Å²) in [6, 6.07) is 14.2. The summed E-state index contributed by atoms with van der Waals surface area (Å²) in [6.45, 7) is 3.45. The highest BCUT2D eigenvalue weighted by atomic mass is 16.5. The van der Waals surface area contributed by atoms with Crippen molar-refractivity contribution in [1.82, 2.24) is 4.57 Å². The first kappa shape index (κ1) is 16.4. The van der Waals surface area contributed by atoms with Crippen LogP contribution in [0.25, 0.3) is 16.6 Å². The highest BCUT2D eigenvalue weighted by Gasteiger charge is 2.23. The van der Waals surface area contributed by atoms with Crippen LogP contribution < -0.4 is 10.2 Å². The topological polar surface area (TPSA) is 69.9 Å². The second-order valence-electron chi connectivity index (χ2n) is 5.23. The van der Waals surface area contributed by atoms with E-state index in [1.54, 1.807) is 22.8 Å². The van der Waals surface area contributed by atoms with Crippen LogP contribution in [0, 0.1) is 0 Å². The molecule has 6 heteroatoms. The van der Waals surface area contributed by atoms with Crippen LogP contribution in [0.5, 0.6) is 5.75 Å². The molecule has 6 nitrogen and oxygen atoms in total. The third-order valence-electron chi connectivity index (χ3n) is 3.90. The predicted molar refractivity (Wildman–Crippen MR) is 96.6 cm³/mol. The minimum atomic E-state index is -0.673. The first-order valence-corrected chi connectivity index (χ1v) is 7.49. The van der Waals surface area contributed by atoms with Gasteiger partial charge < -0.3 is 14.0 Å². The van der Waals surface area contributed by atoms with E-state index in [4.69, 9.17) is 9.47 Å². The van der Waals surface area contributed by atoms with Crippen LogP contribution in [-0.2, 0) is 4.74 Å². The Morgan fingerprint density at radius 2 is 1.84 bits per heavy atom. The fourth-order valence-corrected chi connectivity index (χ4v) is 2.75. The van der Waals surface area contributed by atoms with E-state index in [0.29, 0.717) is 22.3 Å². The molecule has 0 aliphatic rings. The number of benzene rings is 2. The van der Waals surface area contributed by atoms with Gasteiger partial charge in [0.15, 0.2) is 5.69 Å². The number of hydrogen-bond acceptors (Lipinski definition) is 5. The molecule has 3 rings (SSSR count). The van der Waals surface area contributed by atoms with Crippen molar-refractivity contribution in [1.29, 1.82) is 0 Å². The molecule has 2 aromatic carbocycles. The lowest BCUT2D eigenvalue weighted by molar-refractivity contribution is 0.0592. The number of esters is 1. The van der Waals surface area contributed by atoms with E-state index < -0.39 is 5.97 Å². The molecule has 0 atom stereocenters. The van der Waals surface area contributed by atoms with Crippen molar-refractivity contribution in [2.75, 3.05) is 14.2 Å². The second-order valence-corrected chi connectivity index (χ2v) is 5.23. The van der Waals surface area contributed by atoms with Gasteiger partial charge in [-0.2, -0.15) is 0 Å². The van der Waals surface area contributed by atoms with Crippen molar-refractivity contribution < 1.29 is 14.3 Å². The Labute approximate surface area is 144 Å². The molecule has 25 heavy (non-hydrogen) atoms. The molecule has 0 unspecified atom stereocenters. The molecule has 1 aromatic heterocycles. The number of rotatable bonds is 4. The van der Waals surface area contributed by atoms with E-state index in [9.17, 15) is 9.59 Å². The molecule has 126 valence electrons. The Bertz CT molecular complexity index is 1020. The fraction of sp³-hybridized carbons (Fsp3) is 0.105. The van der Waals surface area contributed by atoms with Crippen LogP contribution in [-0.4, -0.2) is 31.5 Å². The van der Waals surface area contributed by atoms with Gasteiger partial charge in [-0.15, -0.1) is 0 Å². The first-order chi connectivity index (χ1) is 12.1. The van der Waals surface area contributed by atoms with E-state index in [-0.39, 0.29) is 16.8 Å². The summed E-state index contributed by atoms with van der Waals surface area (Å²) < 4.78 is 11.8. The number of ether oxygens (including phenoxy) is 2. The molecular formula is C19H16N2O4. The maximum Gasteiger partial charge on any atom is 0.357 e. The lowest BCUT2D eigenvalue weighted by Gasteiger charge is -2.18. The summed E-state index contributed by atoms with van der Waals surface area (Å²) in [6.07, 6.45) is 0. The number of hydrogen-bond donors (Lipinski definition) is 0. The molecule has 3 aromatic rings. The smallest absolute Gasteiger partial charge is 0.357 e. The van der Waals surface area contributed by atoms with Crippen molar-refractivity contribution >= 4 is 29.3 Å². The second kappa shape index (κ2) is 6.60. The van der Waals surface area contributed by atoms with Crippen molar-refractivity contribution in [3.8, 4) is 11.4 Å². The Hall–Kier alpha value is -3.41. The van der Waals surface area contributed by atoms with Gasteiger partial charge in [0.2, 0.25) is 5.43 Å². The Morgan fingerprint density at radius 3 is 2.44 bits per heavy atom. The van der Waals surface area contributed by atoms with Gasteiger partial charge in [0, 0.05) is 17.1 Å². The van der Waals surface area contributed by atoms with Crippen LogP contribution in [0.3, 0.4) is 0 Å². The normalized spacial score (nSPS) is 10.5. The van der Waals surface area contributed by atoms with Crippen LogP contribution in [0.1, 0.15) is 10.5 Å². The van der Waals surface area contributed by atoms with Crippen LogP contribution in [0.4, 0.5) is 5.69 Å². The molecule has 0 aliphatic heterocycles. The van der Waals surface area contributed by atoms with Gasteiger partial charge >= 0.3 is 5.97 Å². The largest absolute Gasteiger partial charge is 0.497 e. The monoisotopic (exact) mass is 336 g/mol. The predicted octanol–water partition coefficient (Wildman–Crippen LogP) is 3.12. The van der Waals surface area contributed by atoms with E-state index in [1.807, 2.05) is 30.3 Å². The summed E-state index contributed by atoms with van der Waals surface area (Å²) in [7, 11) is 2.79. The molecular weight excluding hydrogens is 320 g/mol. The lowest BCUT2D eigenvalue weighted by Crippen LogP contribution is -2.19. The van der Waals surface area contributed by atoms with Crippen LogP contribution in [0.2, 0.25) is 0 Å². The molecule has 1 heterocycles. The van der Waals surface area contributed by atoms with Crippen molar-refractivity contribution in [2.45, 2.75) is 0 Å². The maximum atomic E-state index is 12.8. The molecule has 0 spiro atoms. The molecule has 0 N–H and O–H groups in total. The van der Waals surface area contributed by atoms with Gasteiger partial charge in [0.1, 0.15) is 11.4 Å². The third kappa shape index (κ3) is 2.67. The van der Waals surface area contributed by atoms with E-state index in [2.05, 4.69) is 11.7 Å². The lowest BCUT2D eigenvalue weighted by atomic mass is 10.1. The summed E-state index contributed by atoms with van der Waals surface area (Å²) in [5.74, 6) is -0.111. The van der Waals surface area contributed by atoms with Gasteiger partial charge in [0.25, 0.3) is 0 Å². The zero-order valence-electron chi connectivity index (χ0n) is 13.9. The number of carbonyl (C=O) groups excluding carboxylic acids is 1. The molecule has 0 saturated carbocycles. The number of fused-ring (bicyclic) bond motifs is 1. The number of methoxy groups -OCH3 is 2. The van der Waals surface area contributed by atoms with Gasteiger partial charge in [0.05, 0.1) is 19.7 Å².